The molecule has 88 valence electrons. The summed E-state index contributed by atoms with van der Waals surface area (Å²) in [4.78, 5) is 16.9. The van der Waals surface area contributed by atoms with Crippen molar-refractivity contribution in [2.24, 2.45) is 0 Å². The zero-order chi connectivity index (χ0) is 12.3. The van der Waals surface area contributed by atoms with Crippen LogP contribution >= 0.6 is 27.3 Å². The second-order valence-electron chi connectivity index (χ2n) is 3.67. The second kappa shape index (κ2) is 5.42. The van der Waals surface area contributed by atoms with Gasteiger partial charge in [-0.1, -0.05) is 15.9 Å². The van der Waals surface area contributed by atoms with Crippen molar-refractivity contribution >= 4 is 33.2 Å². The molecule has 2 rings (SSSR count). The van der Waals surface area contributed by atoms with E-state index in [-0.39, 0.29) is 5.91 Å². The largest absolute Gasteiger partial charge is 0.347 e. The number of benzene rings is 1. The molecular weight excluding hydrogens is 300 g/mol. The molecule has 0 saturated carbocycles. The van der Waals surface area contributed by atoms with Crippen LogP contribution in [0, 0.1) is 6.92 Å². The number of hydrogen-bond donors (Lipinski definition) is 1. The minimum absolute atomic E-state index is 0.0669. The molecule has 0 aliphatic heterocycles. The molecule has 0 unspecified atom stereocenters. The lowest BCUT2D eigenvalue weighted by Crippen LogP contribution is -2.22. The summed E-state index contributed by atoms with van der Waals surface area (Å²) in [5.41, 5.74) is 3.48. The Balaban J connectivity index is 2.04. The maximum Gasteiger partial charge on any atom is 0.251 e. The third-order valence-electron chi connectivity index (χ3n) is 2.21. The van der Waals surface area contributed by atoms with Gasteiger partial charge in [0.05, 0.1) is 12.1 Å². The van der Waals surface area contributed by atoms with Gasteiger partial charge >= 0.3 is 0 Å². The number of halogens is 1. The summed E-state index contributed by atoms with van der Waals surface area (Å²) in [6.07, 6.45) is 1.76. The standard InChI is InChI=1S/C12H11BrN2OS/c1-8-2-9(4-10(13)3-8)12(16)15-6-11-5-14-7-17-11/h2-5,7H,6H2,1H3,(H,15,16). The molecule has 0 spiro atoms. The van der Waals surface area contributed by atoms with Crippen molar-refractivity contribution in [1.82, 2.24) is 10.3 Å². The highest BCUT2D eigenvalue weighted by Gasteiger charge is 2.07. The number of nitrogens with one attached hydrogen (secondary N) is 1. The van der Waals surface area contributed by atoms with Gasteiger partial charge in [0, 0.05) is 21.1 Å². The number of aromatic nitrogens is 1. The van der Waals surface area contributed by atoms with E-state index in [2.05, 4.69) is 26.2 Å². The van der Waals surface area contributed by atoms with Crippen LogP contribution in [0.5, 0.6) is 0 Å². The van der Waals surface area contributed by atoms with Gasteiger partial charge in [0.15, 0.2) is 0 Å². The summed E-state index contributed by atoms with van der Waals surface area (Å²) in [6.45, 7) is 2.49. The summed E-state index contributed by atoms with van der Waals surface area (Å²) in [7, 11) is 0. The average molecular weight is 311 g/mol. The smallest absolute Gasteiger partial charge is 0.251 e. The Morgan fingerprint density at radius 3 is 2.94 bits per heavy atom. The summed E-state index contributed by atoms with van der Waals surface area (Å²) in [5, 5.41) is 2.87. The van der Waals surface area contributed by atoms with Crippen molar-refractivity contribution in [2.45, 2.75) is 13.5 Å². The highest BCUT2D eigenvalue weighted by Crippen LogP contribution is 2.15. The Kier molecular flexibility index (Phi) is 3.91. The van der Waals surface area contributed by atoms with Crippen LogP contribution in [0.25, 0.3) is 0 Å². The third-order valence-corrected chi connectivity index (χ3v) is 3.45. The summed E-state index contributed by atoms with van der Waals surface area (Å²) in [6, 6.07) is 5.65. The molecule has 1 amide bonds. The average Bonchev–Trinajstić information content (AvgIpc) is 2.77. The van der Waals surface area contributed by atoms with Crippen LogP contribution in [-0.4, -0.2) is 10.9 Å². The van der Waals surface area contributed by atoms with Crippen molar-refractivity contribution in [3.05, 3.63) is 50.4 Å². The van der Waals surface area contributed by atoms with E-state index in [4.69, 9.17) is 0 Å². The summed E-state index contributed by atoms with van der Waals surface area (Å²) < 4.78 is 0.917. The van der Waals surface area contributed by atoms with Gasteiger partial charge in [-0.2, -0.15) is 0 Å². The van der Waals surface area contributed by atoms with E-state index >= 15 is 0 Å². The van der Waals surface area contributed by atoms with Crippen LogP contribution in [0.3, 0.4) is 0 Å². The number of amides is 1. The molecule has 0 aliphatic rings. The predicted molar refractivity (Wildman–Crippen MR) is 72.2 cm³/mol. The molecule has 0 aliphatic carbocycles. The van der Waals surface area contributed by atoms with E-state index < -0.39 is 0 Å². The van der Waals surface area contributed by atoms with Gasteiger partial charge in [0.2, 0.25) is 0 Å². The van der Waals surface area contributed by atoms with Gasteiger partial charge in [0.1, 0.15) is 0 Å². The molecule has 0 fully saturated rings. The fourth-order valence-electron chi connectivity index (χ4n) is 1.47. The van der Waals surface area contributed by atoms with Crippen molar-refractivity contribution < 1.29 is 4.79 Å². The van der Waals surface area contributed by atoms with Gasteiger partial charge in [-0.25, -0.2) is 0 Å². The van der Waals surface area contributed by atoms with Gasteiger partial charge < -0.3 is 5.32 Å². The molecule has 0 radical (unpaired) electrons. The van der Waals surface area contributed by atoms with E-state index in [9.17, 15) is 4.79 Å². The Bertz CT molecular complexity index is 505. The zero-order valence-electron chi connectivity index (χ0n) is 9.24. The number of rotatable bonds is 3. The minimum Gasteiger partial charge on any atom is -0.347 e. The van der Waals surface area contributed by atoms with Gasteiger partial charge in [-0.15, -0.1) is 11.3 Å². The Morgan fingerprint density at radius 1 is 1.47 bits per heavy atom. The fourth-order valence-corrected chi connectivity index (χ4v) is 2.61. The first-order valence-electron chi connectivity index (χ1n) is 5.08. The first-order valence-corrected chi connectivity index (χ1v) is 6.75. The Hall–Kier alpha value is -1.20. The maximum atomic E-state index is 11.9. The first kappa shape index (κ1) is 12.3. The Labute approximate surface area is 112 Å². The first-order chi connectivity index (χ1) is 8.15. The van der Waals surface area contributed by atoms with Crippen LogP contribution in [-0.2, 0) is 6.54 Å². The van der Waals surface area contributed by atoms with E-state index in [1.54, 1.807) is 11.7 Å². The molecule has 17 heavy (non-hydrogen) atoms. The zero-order valence-corrected chi connectivity index (χ0v) is 11.6. The van der Waals surface area contributed by atoms with Crippen molar-refractivity contribution in [1.29, 1.82) is 0 Å². The molecule has 1 heterocycles. The lowest BCUT2D eigenvalue weighted by molar-refractivity contribution is 0.0951. The van der Waals surface area contributed by atoms with Gasteiger partial charge in [-0.05, 0) is 30.7 Å². The lowest BCUT2D eigenvalue weighted by Gasteiger charge is -2.05. The minimum atomic E-state index is -0.0669. The molecule has 1 aromatic heterocycles. The maximum absolute atomic E-state index is 11.9. The molecular formula is C12H11BrN2OS. The second-order valence-corrected chi connectivity index (χ2v) is 5.55. The number of aryl methyl sites for hydroxylation is 1. The van der Waals surface area contributed by atoms with Crippen LogP contribution in [0.15, 0.2) is 34.4 Å². The molecule has 3 nitrogen and oxygen atoms in total. The predicted octanol–water partition coefficient (Wildman–Crippen LogP) is 3.14. The van der Waals surface area contributed by atoms with Crippen molar-refractivity contribution in [3.8, 4) is 0 Å². The Morgan fingerprint density at radius 2 is 2.29 bits per heavy atom. The normalized spacial score (nSPS) is 10.2. The summed E-state index contributed by atoms with van der Waals surface area (Å²) in [5.74, 6) is -0.0669. The van der Waals surface area contributed by atoms with Crippen molar-refractivity contribution in [3.63, 3.8) is 0 Å². The number of carbonyl (C=O) groups excluding carboxylic acids is 1. The van der Waals surface area contributed by atoms with E-state index in [0.29, 0.717) is 12.1 Å². The van der Waals surface area contributed by atoms with E-state index in [1.165, 1.54) is 11.3 Å². The van der Waals surface area contributed by atoms with E-state index in [0.717, 1.165) is 14.9 Å². The van der Waals surface area contributed by atoms with E-state index in [1.807, 2.05) is 25.1 Å². The molecule has 1 aromatic carbocycles. The molecule has 0 saturated heterocycles. The quantitative estimate of drug-likeness (QED) is 0.946. The van der Waals surface area contributed by atoms with Crippen LogP contribution in [0.2, 0.25) is 0 Å². The number of nitrogens with zero attached hydrogens (tertiary/aromatic N) is 1. The summed E-state index contributed by atoms with van der Waals surface area (Å²) >= 11 is 4.91. The number of thiazole rings is 1. The third kappa shape index (κ3) is 3.38. The topological polar surface area (TPSA) is 42.0 Å². The van der Waals surface area contributed by atoms with Gasteiger partial charge in [0.25, 0.3) is 5.91 Å². The fraction of sp³-hybridized carbons (Fsp3) is 0.167. The molecule has 0 atom stereocenters. The lowest BCUT2D eigenvalue weighted by atomic mass is 10.1. The molecule has 0 bridgehead atoms. The highest BCUT2D eigenvalue weighted by atomic mass is 79.9. The van der Waals surface area contributed by atoms with Crippen LogP contribution in [0.1, 0.15) is 20.8 Å². The molecule has 1 N–H and O–H groups in total. The van der Waals surface area contributed by atoms with Crippen LogP contribution < -0.4 is 5.32 Å². The molecule has 5 heteroatoms. The van der Waals surface area contributed by atoms with Crippen LogP contribution in [0.4, 0.5) is 0 Å². The number of hydrogen-bond acceptors (Lipinski definition) is 3. The van der Waals surface area contributed by atoms with Crippen molar-refractivity contribution in [2.75, 3.05) is 0 Å². The number of carbonyl (C=O) groups is 1. The monoisotopic (exact) mass is 310 g/mol. The van der Waals surface area contributed by atoms with Gasteiger partial charge in [-0.3, -0.25) is 9.78 Å². The molecule has 2 aromatic rings. The highest BCUT2D eigenvalue weighted by molar-refractivity contribution is 9.10. The SMILES string of the molecule is Cc1cc(Br)cc(C(=O)NCc2cncs2)c1.